The van der Waals surface area contributed by atoms with E-state index >= 15 is 0 Å². The molecule has 3 aromatic rings. The van der Waals surface area contributed by atoms with Crippen LogP contribution < -0.4 is 10.1 Å². The fourth-order valence-electron chi connectivity index (χ4n) is 2.42. The van der Waals surface area contributed by atoms with Crippen molar-refractivity contribution >= 4 is 29.0 Å². The number of rotatable bonds is 8. The zero-order chi connectivity index (χ0) is 18.4. The van der Waals surface area contributed by atoms with Crippen molar-refractivity contribution in [3.63, 3.8) is 0 Å². The summed E-state index contributed by atoms with van der Waals surface area (Å²) in [6.45, 7) is 2.50. The fraction of sp³-hybridized carbons (Fsp3) is 0.278. The highest BCUT2D eigenvalue weighted by Crippen LogP contribution is 2.28. The standard InChI is InChI=1S/C18H20N4O2S2/c1-13(17(23)19-10-9-14-6-5-11-25-14)26-18-21-20-12-22(18)15-7-3-4-8-16(15)24-2/h3-8,11-13H,9-10H2,1-2H3,(H,19,23)/t13-/m0/s1. The Labute approximate surface area is 160 Å². The summed E-state index contributed by atoms with van der Waals surface area (Å²) in [5, 5.41) is 13.5. The summed E-state index contributed by atoms with van der Waals surface area (Å²) in [7, 11) is 1.62. The van der Waals surface area contributed by atoms with Crippen molar-refractivity contribution in [2.45, 2.75) is 23.8 Å². The van der Waals surface area contributed by atoms with Gasteiger partial charge in [-0.05, 0) is 36.9 Å². The van der Waals surface area contributed by atoms with Gasteiger partial charge in [0.05, 0.1) is 18.0 Å². The molecule has 3 rings (SSSR count). The molecule has 26 heavy (non-hydrogen) atoms. The maximum absolute atomic E-state index is 12.4. The second-order valence-corrected chi connectivity index (χ2v) is 7.88. The van der Waals surface area contributed by atoms with Gasteiger partial charge < -0.3 is 10.1 Å². The van der Waals surface area contributed by atoms with E-state index in [4.69, 9.17) is 4.74 Å². The van der Waals surface area contributed by atoms with Crippen LogP contribution in [0, 0.1) is 0 Å². The third-order valence-electron chi connectivity index (χ3n) is 3.76. The lowest BCUT2D eigenvalue weighted by atomic mass is 10.3. The lowest BCUT2D eigenvalue weighted by Crippen LogP contribution is -2.32. The minimum Gasteiger partial charge on any atom is -0.495 e. The molecule has 0 unspecified atom stereocenters. The van der Waals surface area contributed by atoms with Crippen LogP contribution in [0.5, 0.6) is 5.75 Å². The first kappa shape index (κ1) is 18.5. The van der Waals surface area contributed by atoms with Crippen molar-refractivity contribution in [1.29, 1.82) is 0 Å². The molecule has 8 heteroatoms. The van der Waals surface area contributed by atoms with E-state index in [2.05, 4.69) is 21.6 Å². The topological polar surface area (TPSA) is 69.0 Å². The van der Waals surface area contributed by atoms with E-state index in [0.717, 1.165) is 17.9 Å². The van der Waals surface area contributed by atoms with Gasteiger partial charge in [-0.25, -0.2) is 0 Å². The molecule has 1 N–H and O–H groups in total. The molecule has 0 saturated heterocycles. The summed E-state index contributed by atoms with van der Waals surface area (Å²) in [6.07, 6.45) is 2.47. The second kappa shape index (κ2) is 8.86. The molecule has 1 aromatic carbocycles. The summed E-state index contributed by atoms with van der Waals surface area (Å²) < 4.78 is 7.23. The van der Waals surface area contributed by atoms with Crippen molar-refractivity contribution in [1.82, 2.24) is 20.1 Å². The van der Waals surface area contributed by atoms with Gasteiger partial charge in [0.25, 0.3) is 0 Å². The number of amides is 1. The number of methoxy groups -OCH3 is 1. The van der Waals surface area contributed by atoms with Crippen molar-refractivity contribution in [3.8, 4) is 11.4 Å². The Bertz CT molecular complexity index is 849. The molecule has 0 saturated carbocycles. The number of ether oxygens (including phenoxy) is 1. The molecular formula is C18H20N4O2S2. The van der Waals surface area contributed by atoms with Crippen LogP contribution in [0.25, 0.3) is 5.69 Å². The van der Waals surface area contributed by atoms with Crippen molar-refractivity contribution in [3.05, 3.63) is 53.0 Å². The van der Waals surface area contributed by atoms with E-state index in [1.54, 1.807) is 24.8 Å². The highest BCUT2D eigenvalue weighted by Gasteiger charge is 2.19. The number of carbonyl (C=O) groups is 1. The van der Waals surface area contributed by atoms with E-state index in [1.165, 1.54) is 16.6 Å². The monoisotopic (exact) mass is 388 g/mol. The zero-order valence-electron chi connectivity index (χ0n) is 14.6. The fourth-order valence-corrected chi connectivity index (χ4v) is 3.99. The molecule has 1 atom stereocenters. The quantitative estimate of drug-likeness (QED) is 0.600. The van der Waals surface area contributed by atoms with Crippen LogP contribution in [0.2, 0.25) is 0 Å². The first-order valence-electron chi connectivity index (χ1n) is 8.19. The Morgan fingerprint density at radius 2 is 2.19 bits per heavy atom. The lowest BCUT2D eigenvalue weighted by Gasteiger charge is -2.13. The number of nitrogens with zero attached hydrogens (tertiary/aromatic N) is 3. The molecule has 0 aliphatic rings. The van der Waals surface area contributed by atoms with E-state index in [-0.39, 0.29) is 11.2 Å². The Balaban J connectivity index is 1.62. The Morgan fingerprint density at radius 1 is 1.35 bits per heavy atom. The number of thiophene rings is 1. The minimum absolute atomic E-state index is 0.0128. The molecule has 0 spiro atoms. The first-order chi connectivity index (χ1) is 12.7. The Kier molecular flexibility index (Phi) is 6.30. The van der Waals surface area contributed by atoms with Crippen LogP contribution in [0.1, 0.15) is 11.8 Å². The van der Waals surface area contributed by atoms with Gasteiger partial charge >= 0.3 is 0 Å². The molecule has 0 aliphatic carbocycles. The largest absolute Gasteiger partial charge is 0.495 e. The predicted octanol–water partition coefficient (Wildman–Crippen LogP) is 3.18. The summed E-state index contributed by atoms with van der Waals surface area (Å²) >= 11 is 3.07. The number of para-hydroxylation sites is 2. The van der Waals surface area contributed by atoms with Crippen molar-refractivity contribution < 1.29 is 9.53 Å². The van der Waals surface area contributed by atoms with E-state index in [1.807, 2.05) is 47.2 Å². The number of carbonyl (C=O) groups excluding carboxylic acids is 1. The number of hydrogen-bond donors (Lipinski definition) is 1. The molecule has 0 radical (unpaired) electrons. The van der Waals surface area contributed by atoms with Crippen LogP contribution in [0.3, 0.4) is 0 Å². The molecule has 6 nitrogen and oxygen atoms in total. The van der Waals surface area contributed by atoms with Crippen molar-refractivity contribution in [2.75, 3.05) is 13.7 Å². The predicted molar refractivity (Wildman–Crippen MR) is 104 cm³/mol. The second-order valence-electron chi connectivity index (χ2n) is 5.54. The van der Waals surface area contributed by atoms with Gasteiger partial charge in [0.15, 0.2) is 5.16 Å². The Hall–Kier alpha value is -2.32. The molecule has 136 valence electrons. The summed E-state index contributed by atoms with van der Waals surface area (Å²) in [6, 6.07) is 11.7. The summed E-state index contributed by atoms with van der Waals surface area (Å²) in [5.41, 5.74) is 0.841. The van der Waals surface area contributed by atoms with Gasteiger partial charge in [0.1, 0.15) is 12.1 Å². The van der Waals surface area contributed by atoms with E-state index < -0.39 is 0 Å². The van der Waals surface area contributed by atoms with E-state index in [0.29, 0.717) is 11.7 Å². The van der Waals surface area contributed by atoms with Crippen LogP contribution in [-0.4, -0.2) is 39.6 Å². The van der Waals surface area contributed by atoms with Gasteiger partial charge in [0, 0.05) is 11.4 Å². The highest BCUT2D eigenvalue weighted by molar-refractivity contribution is 8.00. The molecule has 0 bridgehead atoms. The Morgan fingerprint density at radius 3 is 2.96 bits per heavy atom. The van der Waals surface area contributed by atoms with Crippen molar-refractivity contribution in [2.24, 2.45) is 0 Å². The number of nitrogens with one attached hydrogen (secondary N) is 1. The third kappa shape index (κ3) is 4.44. The lowest BCUT2D eigenvalue weighted by molar-refractivity contribution is -0.120. The molecule has 0 fully saturated rings. The van der Waals surface area contributed by atoms with Gasteiger partial charge in [-0.3, -0.25) is 9.36 Å². The average molecular weight is 389 g/mol. The maximum atomic E-state index is 12.4. The smallest absolute Gasteiger partial charge is 0.233 e. The summed E-state index contributed by atoms with van der Waals surface area (Å²) in [5.74, 6) is 0.711. The first-order valence-corrected chi connectivity index (χ1v) is 9.95. The van der Waals surface area contributed by atoms with Gasteiger partial charge in [0.2, 0.25) is 5.91 Å². The summed E-state index contributed by atoms with van der Waals surface area (Å²) in [4.78, 5) is 13.6. The van der Waals surface area contributed by atoms with Gasteiger partial charge in [-0.2, -0.15) is 0 Å². The van der Waals surface area contributed by atoms with Gasteiger partial charge in [-0.1, -0.05) is 30.0 Å². The normalized spacial score (nSPS) is 11.9. The number of thioether (sulfide) groups is 1. The highest BCUT2D eigenvalue weighted by atomic mass is 32.2. The van der Waals surface area contributed by atoms with Crippen LogP contribution in [-0.2, 0) is 11.2 Å². The number of aromatic nitrogens is 3. The van der Waals surface area contributed by atoms with Crippen LogP contribution in [0.15, 0.2) is 53.3 Å². The zero-order valence-corrected chi connectivity index (χ0v) is 16.2. The molecule has 1 amide bonds. The number of benzene rings is 1. The van der Waals surface area contributed by atoms with E-state index in [9.17, 15) is 4.79 Å². The van der Waals surface area contributed by atoms with Gasteiger partial charge in [-0.15, -0.1) is 21.5 Å². The average Bonchev–Trinajstić information content (AvgIpc) is 3.33. The minimum atomic E-state index is -0.281. The molecule has 2 aromatic heterocycles. The SMILES string of the molecule is COc1ccccc1-n1cnnc1S[C@@H](C)C(=O)NCCc1cccs1. The third-order valence-corrected chi connectivity index (χ3v) is 5.76. The molecular weight excluding hydrogens is 368 g/mol. The van der Waals surface area contributed by atoms with Crippen LogP contribution >= 0.6 is 23.1 Å². The number of hydrogen-bond acceptors (Lipinski definition) is 6. The molecule has 2 heterocycles. The maximum Gasteiger partial charge on any atom is 0.233 e. The molecule has 0 aliphatic heterocycles. The van der Waals surface area contributed by atoms with Crippen LogP contribution in [0.4, 0.5) is 0 Å².